The van der Waals surface area contributed by atoms with Crippen LogP contribution in [-0.4, -0.2) is 11.9 Å². The quantitative estimate of drug-likeness (QED) is 0.826. The molecule has 3 nitrogen and oxygen atoms in total. The maximum absolute atomic E-state index is 12.2. The molecule has 3 heteroatoms. The fraction of sp³-hybridized carbons (Fsp3) is 0.278. The number of benzene rings is 2. The Balaban J connectivity index is 1.88. The molecule has 1 atom stereocenters. The second-order valence-corrected chi connectivity index (χ2v) is 5.47. The van der Waals surface area contributed by atoms with Gasteiger partial charge in [0, 0.05) is 17.3 Å². The molecule has 3 N–H and O–H groups in total. The van der Waals surface area contributed by atoms with Gasteiger partial charge < -0.3 is 11.1 Å². The standard InChI is InChI=1S/C18H22N2O/c1-13-12-16(10-11-17(13)19)18(21)20-14(2)8-9-15-6-4-3-5-7-15/h3-7,10-12,14H,8-9,19H2,1-2H3,(H,20,21). The summed E-state index contributed by atoms with van der Waals surface area (Å²) in [5.41, 5.74) is 9.37. The Kier molecular flexibility index (Phi) is 4.99. The van der Waals surface area contributed by atoms with Gasteiger partial charge in [-0.15, -0.1) is 0 Å². The third kappa shape index (κ3) is 4.35. The van der Waals surface area contributed by atoms with Crippen LogP contribution in [0, 0.1) is 6.92 Å². The summed E-state index contributed by atoms with van der Waals surface area (Å²) in [6.45, 7) is 3.94. The molecule has 0 aliphatic rings. The molecule has 21 heavy (non-hydrogen) atoms. The van der Waals surface area contributed by atoms with Crippen molar-refractivity contribution in [3.63, 3.8) is 0 Å². The Labute approximate surface area is 126 Å². The van der Waals surface area contributed by atoms with E-state index in [-0.39, 0.29) is 11.9 Å². The summed E-state index contributed by atoms with van der Waals surface area (Å²) in [5.74, 6) is -0.0429. The van der Waals surface area contributed by atoms with E-state index in [2.05, 4.69) is 17.4 Å². The number of carbonyl (C=O) groups is 1. The molecule has 0 saturated heterocycles. The van der Waals surface area contributed by atoms with Crippen molar-refractivity contribution in [2.24, 2.45) is 0 Å². The van der Waals surface area contributed by atoms with E-state index in [4.69, 9.17) is 5.73 Å². The number of rotatable bonds is 5. The van der Waals surface area contributed by atoms with Gasteiger partial charge in [-0.2, -0.15) is 0 Å². The molecule has 0 spiro atoms. The van der Waals surface area contributed by atoms with Crippen LogP contribution in [0.5, 0.6) is 0 Å². The van der Waals surface area contributed by atoms with Crippen LogP contribution in [0.2, 0.25) is 0 Å². The number of nitrogens with two attached hydrogens (primary N) is 1. The van der Waals surface area contributed by atoms with Crippen LogP contribution in [0.3, 0.4) is 0 Å². The van der Waals surface area contributed by atoms with E-state index in [0.717, 1.165) is 18.4 Å². The molecule has 2 aromatic carbocycles. The Morgan fingerprint density at radius 3 is 2.57 bits per heavy atom. The van der Waals surface area contributed by atoms with Crippen molar-refractivity contribution in [3.05, 3.63) is 65.2 Å². The lowest BCUT2D eigenvalue weighted by Crippen LogP contribution is -2.32. The molecule has 0 bridgehead atoms. The van der Waals surface area contributed by atoms with Crippen LogP contribution in [0.1, 0.15) is 34.8 Å². The van der Waals surface area contributed by atoms with E-state index < -0.39 is 0 Å². The maximum atomic E-state index is 12.2. The topological polar surface area (TPSA) is 55.1 Å². The minimum absolute atomic E-state index is 0.0429. The number of anilines is 1. The fourth-order valence-electron chi connectivity index (χ4n) is 2.22. The number of aryl methyl sites for hydroxylation is 2. The fourth-order valence-corrected chi connectivity index (χ4v) is 2.22. The second-order valence-electron chi connectivity index (χ2n) is 5.47. The Morgan fingerprint density at radius 2 is 1.90 bits per heavy atom. The molecular formula is C18H22N2O. The molecule has 0 fully saturated rings. The predicted octanol–water partition coefficient (Wildman–Crippen LogP) is 3.33. The van der Waals surface area contributed by atoms with Crippen LogP contribution in [-0.2, 0) is 6.42 Å². The molecule has 0 aliphatic heterocycles. The zero-order valence-electron chi connectivity index (χ0n) is 12.6. The molecule has 0 aromatic heterocycles. The summed E-state index contributed by atoms with van der Waals surface area (Å²) in [6, 6.07) is 15.8. The zero-order valence-corrected chi connectivity index (χ0v) is 12.6. The number of hydrogen-bond acceptors (Lipinski definition) is 2. The van der Waals surface area contributed by atoms with Gasteiger partial charge in [-0.25, -0.2) is 0 Å². The average Bonchev–Trinajstić information content (AvgIpc) is 2.49. The number of nitrogens with one attached hydrogen (secondary N) is 1. The van der Waals surface area contributed by atoms with Crippen LogP contribution in [0.15, 0.2) is 48.5 Å². The van der Waals surface area contributed by atoms with E-state index >= 15 is 0 Å². The maximum Gasteiger partial charge on any atom is 0.251 e. The first-order valence-electron chi connectivity index (χ1n) is 7.27. The lowest BCUT2D eigenvalue weighted by Gasteiger charge is -2.14. The molecule has 2 aromatic rings. The van der Waals surface area contributed by atoms with Gasteiger partial charge in [0.15, 0.2) is 0 Å². The first-order valence-corrected chi connectivity index (χ1v) is 7.27. The van der Waals surface area contributed by atoms with Crippen molar-refractivity contribution in [3.8, 4) is 0 Å². The summed E-state index contributed by atoms with van der Waals surface area (Å²) in [5, 5.41) is 3.03. The zero-order chi connectivity index (χ0) is 15.2. The second kappa shape index (κ2) is 6.93. The van der Waals surface area contributed by atoms with Gasteiger partial charge in [0.1, 0.15) is 0 Å². The third-order valence-electron chi connectivity index (χ3n) is 3.62. The van der Waals surface area contributed by atoms with Crippen molar-refractivity contribution in [2.45, 2.75) is 32.7 Å². The summed E-state index contributed by atoms with van der Waals surface area (Å²) in [6.07, 6.45) is 1.88. The minimum Gasteiger partial charge on any atom is -0.399 e. The molecular weight excluding hydrogens is 260 g/mol. The smallest absolute Gasteiger partial charge is 0.251 e. The molecule has 1 unspecified atom stereocenters. The highest BCUT2D eigenvalue weighted by atomic mass is 16.1. The van der Waals surface area contributed by atoms with Crippen molar-refractivity contribution in [2.75, 3.05) is 5.73 Å². The first-order chi connectivity index (χ1) is 10.1. The molecule has 0 radical (unpaired) electrons. The number of nitrogen functional groups attached to an aromatic ring is 1. The van der Waals surface area contributed by atoms with Crippen molar-refractivity contribution in [1.82, 2.24) is 5.32 Å². The van der Waals surface area contributed by atoms with Crippen LogP contribution < -0.4 is 11.1 Å². The van der Waals surface area contributed by atoms with Gasteiger partial charge in [0.05, 0.1) is 0 Å². The summed E-state index contributed by atoms with van der Waals surface area (Å²) < 4.78 is 0. The molecule has 1 amide bonds. The SMILES string of the molecule is Cc1cc(C(=O)NC(C)CCc2ccccc2)ccc1N. The van der Waals surface area contributed by atoms with Crippen molar-refractivity contribution < 1.29 is 4.79 Å². The summed E-state index contributed by atoms with van der Waals surface area (Å²) in [4.78, 5) is 12.2. The van der Waals surface area contributed by atoms with E-state index in [1.165, 1.54) is 5.56 Å². The molecule has 110 valence electrons. The number of hydrogen-bond donors (Lipinski definition) is 2. The van der Waals surface area contributed by atoms with E-state index in [1.807, 2.05) is 38.1 Å². The highest BCUT2D eigenvalue weighted by Gasteiger charge is 2.10. The van der Waals surface area contributed by atoms with E-state index in [9.17, 15) is 4.79 Å². The van der Waals surface area contributed by atoms with Crippen molar-refractivity contribution in [1.29, 1.82) is 0 Å². The van der Waals surface area contributed by atoms with Crippen molar-refractivity contribution >= 4 is 11.6 Å². The van der Waals surface area contributed by atoms with Gasteiger partial charge in [0.2, 0.25) is 0 Å². The molecule has 0 heterocycles. The molecule has 2 rings (SSSR count). The number of amides is 1. The predicted molar refractivity (Wildman–Crippen MR) is 87.3 cm³/mol. The van der Waals surface area contributed by atoms with E-state index in [1.54, 1.807) is 12.1 Å². The van der Waals surface area contributed by atoms with Gasteiger partial charge in [-0.1, -0.05) is 30.3 Å². The van der Waals surface area contributed by atoms with Crippen LogP contribution in [0.25, 0.3) is 0 Å². The number of carbonyl (C=O) groups excluding carboxylic acids is 1. The normalized spacial score (nSPS) is 11.9. The summed E-state index contributed by atoms with van der Waals surface area (Å²) in [7, 11) is 0. The molecule has 0 aliphatic carbocycles. The highest BCUT2D eigenvalue weighted by molar-refractivity contribution is 5.95. The van der Waals surface area contributed by atoms with Crippen LogP contribution in [0.4, 0.5) is 5.69 Å². The highest BCUT2D eigenvalue weighted by Crippen LogP contribution is 2.13. The third-order valence-corrected chi connectivity index (χ3v) is 3.62. The van der Waals surface area contributed by atoms with Gasteiger partial charge >= 0.3 is 0 Å². The monoisotopic (exact) mass is 282 g/mol. The average molecular weight is 282 g/mol. The largest absolute Gasteiger partial charge is 0.399 e. The Bertz CT molecular complexity index is 608. The van der Waals surface area contributed by atoms with Gasteiger partial charge in [-0.3, -0.25) is 4.79 Å². The minimum atomic E-state index is -0.0429. The lowest BCUT2D eigenvalue weighted by molar-refractivity contribution is 0.0938. The molecule has 0 saturated carbocycles. The first kappa shape index (κ1) is 15.1. The summed E-state index contributed by atoms with van der Waals surface area (Å²) >= 11 is 0. The Morgan fingerprint density at radius 1 is 1.19 bits per heavy atom. The van der Waals surface area contributed by atoms with E-state index in [0.29, 0.717) is 11.3 Å². The Hall–Kier alpha value is -2.29. The van der Waals surface area contributed by atoms with Crippen LogP contribution >= 0.6 is 0 Å². The lowest BCUT2D eigenvalue weighted by atomic mass is 10.1. The van der Waals surface area contributed by atoms with Gasteiger partial charge in [-0.05, 0) is 56.0 Å². The van der Waals surface area contributed by atoms with Gasteiger partial charge in [0.25, 0.3) is 5.91 Å².